The number of pyridine rings is 1. The van der Waals surface area contributed by atoms with Crippen molar-refractivity contribution in [1.29, 1.82) is 0 Å². The van der Waals surface area contributed by atoms with Gasteiger partial charge in [-0.05, 0) is 130 Å². The molecule has 0 bridgehead atoms. The fourth-order valence-electron chi connectivity index (χ4n) is 13.4. The summed E-state index contributed by atoms with van der Waals surface area (Å²) in [6.45, 7) is 30.0. The predicted octanol–water partition coefficient (Wildman–Crippen LogP) is 18.9. The SMILES string of the molecule is CC(C)(C)c1cc(-c2cc(C(C)(C)C)cc(-c3ccc(-c4ccccc4)cc3)c2N2[CH-]N(c3[c-]c(Oc4[c-]c5c6c(c4)[Si](c4ccccc4)(c4ccccc4)c4cccc(c46)n5-c4cc(C(C)(C)C)ccn4)ccc3)c3ccccc32)cc(C(C)(C)C)c1.[Pt]. The average molecular weight is 1360 g/mol. The molecule has 0 saturated carbocycles. The van der Waals surface area contributed by atoms with E-state index < -0.39 is 8.07 Å². The molecule has 2 aromatic heterocycles. The number of hydrogen-bond donors (Lipinski definition) is 0. The molecule has 89 heavy (non-hydrogen) atoms. The molecule has 446 valence electrons. The van der Waals surface area contributed by atoms with Crippen molar-refractivity contribution in [3.8, 4) is 50.7 Å². The smallest absolute Gasteiger partial charge is 0.155 e. The third kappa shape index (κ3) is 10.4. The number of nitrogens with zero attached hydrogens (tertiary/aromatic N) is 4. The Morgan fingerprint density at radius 1 is 0.416 bits per heavy atom. The maximum absolute atomic E-state index is 7.29. The van der Waals surface area contributed by atoms with Crippen LogP contribution in [0.2, 0.25) is 0 Å². The van der Waals surface area contributed by atoms with Crippen LogP contribution < -0.4 is 35.3 Å². The summed E-state index contributed by atoms with van der Waals surface area (Å²) < 4.78 is 9.60. The van der Waals surface area contributed by atoms with Crippen LogP contribution in [0, 0.1) is 18.8 Å². The van der Waals surface area contributed by atoms with Crippen LogP contribution in [0.25, 0.3) is 61.0 Å². The third-order valence-electron chi connectivity index (χ3n) is 18.2. The van der Waals surface area contributed by atoms with E-state index in [0.29, 0.717) is 11.5 Å². The quantitative estimate of drug-likeness (QED) is 0.101. The van der Waals surface area contributed by atoms with Crippen molar-refractivity contribution in [1.82, 2.24) is 9.55 Å². The Morgan fingerprint density at radius 2 is 0.944 bits per heavy atom. The maximum Gasteiger partial charge on any atom is 0.155 e. The molecule has 5 nitrogen and oxygen atoms in total. The molecule has 4 heterocycles. The first-order valence-corrected chi connectivity index (χ1v) is 33.0. The van der Waals surface area contributed by atoms with E-state index in [1.54, 1.807) is 0 Å². The minimum absolute atomic E-state index is 0. The first-order valence-electron chi connectivity index (χ1n) is 31.0. The van der Waals surface area contributed by atoms with Gasteiger partial charge in [-0.2, -0.15) is 6.07 Å². The van der Waals surface area contributed by atoms with Gasteiger partial charge in [-0.1, -0.05) is 246 Å². The van der Waals surface area contributed by atoms with Gasteiger partial charge in [0.15, 0.2) is 8.07 Å². The summed E-state index contributed by atoms with van der Waals surface area (Å²) >= 11 is 0. The summed E-state index contributed by atoms with van der Waals surface area (Å²) in [7, 11) is -2.94. The fourth-order valence-corrected chi connectivity index (χ4v) is 18.6. The number of aromatic nitrogens is 2. The molecule has 0 fully saturated rings. The molecule has 0 saturated heterocycles. The van der Waals surface area contributed by atoms with Gasteiger partial charge in [-0.25, -0.2) is 4.98 Å². The van der Waals surface area contributed by atoms with Crippen LogP contribution in [0.4, 0.5) is 22.7 Å². The topological polar surface area (TPSA) is 33.5 Å². The van der Waals surface area contributed by atoms with Crippen molar-refractivity contribution in [2.24, 2.45) is 0 Å². The molecule has 2 aliphatic rings. The van der Waals surface area contributed by atoms with E-state index in [1.165, 1.54) is 76.0 Å². The molecule has 10 aromatic carbocycles. The number of ether oxygens (including phenoxy) is 1. The second kappa shape index (κ2) is 22.2. The number of para-hydroxylation sites is 2. The molecular weight excluding hydrogens is 1280 g/mol. The van der Waals surface area contributed by atoms with Crippen molar-refractivity contribution in [3.63, 3.8) is 0 Å². The van der Waals surface area contributed by atoms with E-state index in [4.69, 9.17) is 9.72 Å². The van der Waals surface area contributed by atoms with Crippen LogP contribution in [0.3, 0.4) is 0 Å². The van der Waals surface area contributed by atoms with E-state index >= 15 is 0 Å². The summed E-state index contributed by atoms with van der Waals surface area (Å²) in [4.78, 5) is 9.81. The van der Waals surface area contributed by atoms with Crippen LogP contribution in [-0.4, -0.2) is 17.6 Å². The van der Waals surface area contributed by atoms with Gasteiger partial charge in [0.25, 0.3) is 0 Å². The van der Waals surface area contributed by atoms with Gasteiger partial charge in [0.1, 0.15) is 5.82 Å². The van der Waals surface area contributed by atoms with Gasteiger partial charge in [-0.3, -0.25) is 0 Å². The van der Waals surface area contributed by atoms with Crippen LogP contribution in [0.1, 0.15) is 105 Å². The molecule has 0 amide bonds. The predicted molar refractivity (Wildman–Crippen MR) is 373 cm³/mol. The standard InChI is InChI=1S/C82H75N4OSi.Pt/c1-79(2,3)58-42-43-83-75(49-58)86-71-36-25-37-73-76(71)77-72(86)51-64(52-74(77)88(73,65-30-18-14-19-31-65)66-32-20-15-21-33-66)87-63-29-24-28-62(50-63)84-53-85(70-35-23-22-34-69(70)84)78-67(56-40-38-55(39-41-56)54-26-16-13-17-27-54)47-61(82(10,11)12)48-68(78)57-44-59(80(4,5)6)46-60(45-57)81(7,8)9;/h13-49,52-53H,1-12H3;/q-3;. The van der Waals surface area contributed by atoms with E-state index in [0.717, 1.165) is 50.7 Å². The Balaban J connectivity index is 0.00000729. The van der Waals surface area contributed by atoms with Crippen molar-refractivity contribution in [2.75, 3.05) is 9.80 Å². The third-order valence-corrected chi connectivity index (χ3v) is 23.0. The minimum atomic E-state index is -2.94. The average Bonchev–Trinajstić information content (AvgIpc) is 1.52. The number of benzene rings is 10. The molecule has 0 aliphatic carbocycles. The maximum atomic E-state index is 7.29. The van der Waals surface area contributed by atoms with Gasteiger partial charge in [0, 0.05) is 72.5 Å². The number of fused-ring (bicyclic) bond motifs is 1. The Bertz CT molecular complexity index is 4590. The molecule has 0 radical (unpaired) electrons. The van der Waals surface area contributed by atoms with E-state index in [2.05, 4.69) is 335 Å². The van der Waals surface area contributed by atoms with Crippen LogP contribution in [0.15, 0.2) is 231 Å². The number of hydrogen-bond acceptors (Lipinski definition) is 4. The number of anilines is 4. The summed E-state index contributed by atoms with van der Waals surface area (Å²) in [5.74, 6) is 2.07. The van der Waals surface area contributed by atoms with Gasteiger partial charge in [0.05, 0.1) is 0 Å². The molecule has 7 heteroatoms. The van der Waals surface area contributed by atoms with Crippen LogP contribution >= 0.6 is 0 Å². The summed E-state index contributed by atoms with van der Waals surface area (Å²) in [6, 6.07) is 90.7. The summed E-state index contributed by atoms with van der Waals surface area (Å²) in [6.07, 6.45) is 1.95. The van der Waals surface area contributed by atoms with E-state index in [-0.39, 0.29) is 42.7 Å². The Morgan fingerprint density at radius 3 is 1.55 bits per heavy atom. The first kappa shape index (κ1) is 59.4. The minimum Gasteiger partial charge on any atom is -0.509 e. The molecule has 0 N–H and O–H groups in total. The number of rotatable bonds is 10. The Kier molecular flexibility index (Phi) is 14.8. The second-order valence-corrected chi connectivity index (χ2v) is 31.9. The largest absolute Gasteiger partial charge is 0.509 e. The monoisotopic (exact) mass is 1350 g/mol. The van der Waals surface area contributed by atoms with Crippen molar-refractivity contribution in [3.05, 3.63) is 272 Å². The fraction of sp³-hybridized carbons (Fsp3) is 0.195. The normalized spacial score (nSPS) is 13.8. The summed E-state index contributed by atoms with van der Waals surface area (Å²) in [5.41, 5.74) is 17.9. The molecule has 2 aliphatic heterocycles. The van der Waals surface area contributed by atoms with E-state index in [1.807, 2.05) is 12.3 Å². The van der Waals surface area contributed by atoms with Gasteiger partial charge in [-0.15, -0.1) is 53.3 Å². The first-order chi connectivity index (χ1) is 42.1. The van der Waals surface area contributed by atoms with Crippen LogP contribution in [0.5, 0.6) is 11.5 Å². The van der Waals surface area contributed by atoms with Crippen molar-refractivity contribution in [2.45, 2.75) is 105 Å². The van der Waals surface area contributed by atoms with Gasteiger partial charge in [0.2, 0.25) is 0 Å². The Hall–Kier alpha value is -8.54. The zero-order valence-corrected chi connectivity index (χ0v) is 56.3. The summed E-state index contributed by atoms with van der Waals surface area (Å²) in [5, 5.41) is 7.76. The molecule has 14 rings (SSSR count). The van der Waals surface area contributed by atoms with E-state index in [9.17, 15) is 0 Å². The zero-order valence-electron chi connectivity index (χ0n) is 53.0. The molecule has 0 spiro atoms. The molecule has 12 aromatic rings. The second-order valence-electron chi connectivity index (χ2n) is 28.2. The van der Waals surface area contributed by atoms with Gasteiger partial charge < -0.3 is 19.1 Å². The molecular formula is C82H75N4OPtSi-3. The molecule has 0 unspecified atom stereocenters. The zero-order chi connectivity index (χ0) is 61.1. The van der Waals surface area contributed by atoms with Crippen molar-refractivity contribution >= 4 is 73.4 Å². The van der Waals surface area contributed by atoms with Crippen molar-refractivity contribution < 1.29 is 25.8 Å². The Labute approximate surface area is 542 Å². The van der Waals surface area contributed by atoms with Crippen LogP contribution in [-0.2, 0) is 42.7 Å². The molecule has 0 atom stereocenters. The van der Waals surface area contributed by atoms with Gasteiger partial charge >= 0.3 is 0 Å².